The van der Waals surface area contributed by atoms with Crippen LogP contribution in [-0.2, 0) is 0 Å². The molecule has 1 aliphatic rings. The van der Waals surface area contributed by atoms with Gasteiger partial charge in [0.2, 0.25) is 0 Å². The summed E-state index contributed by atoms with van der Waals surface area (Å²) in [5.41, 5.74) is 7.14. The number of nitrogens with two attached hydrogens (primary N) is 1. The maximum atomic E-state index is 5.88. The molecule has 0 saturated carbocycles. The van der Waals surface area contributed by atoms with Gasteiger partial charge in [-0.2, -0.15) is 0 Å². The molecule has 1 fully saturated rings. The molecule has 4 heteroatoms. The van der Waals surface area contributed by atoms with E-state index in [0.717, 1.165) is 31.9 Å². The lowest BCUT2D eigenvalue weighted by atomic mass is 10.2. The molecule has 1 atom stereocenters. The number of nitrogens with zero attached hydrogens (tertiary/aromatic N) is 2. The van der Waals surface area contributed by atoms with Crippen LogP contribution in [0.3, 0.4) is 0 Å². The Hall–Kier alpha value is -1.26. The minimum absolute atomic E-state index is 0.160. The van der Waals surface area contributed by atoms with Gasteiger partial charge in [-0.1, -0.05) is 0 Å². The molecule has 4 nitrogen and oxygen atoms in total. The minimum atomic E-state index is 0.160. The van der Waals surface area contributed by atoms with E-state index >= 15 is 0 Å². The Morgan fingerprint density at radius 2 is 1.71 bits per heavy atom. The van der Waals surface area contributed by atoms with Crippen LogP contribution in [0, 0.1) is 0 Å². The van der Waals surface area contributed by atoms with Crippen LogP contribution in [0.5, 0.6) is 5.75 Å². The number of rotatable bonds is 3. The maximum Gasteiger partial charge on any atom is 0.119 e. The smallest absolute Gasteiger partial charge is 0.119 e. The van der Waals surface area contributed by atoms with Crippen molar-refractivity contribution in [1.29, 1.82) is 0 Å². The zero-order valence-corrected chi connectivity index (χ0v) is 10.6. The van der Waals surface area contributed by atoms with E-state index in [1.165, 1.54) is 5.69 Å². The van der Waals surface area contributed by atoms with Gasteiger partial charge in [-0.15, -0.1) is 0 Å². The molecule has 2 N–H and O–H groups in total. The predicted octanol–water partition coefficient (Wildman–Crippen LogP) is 1.12. The molecule has 1 heterocycles. The summed E-state index contributed by atoms with van der Waals surface area (Å²) in [7, 11) is 1.69. The molecule has 0 amide bonds. The second kappa shape index (κ2) is 5.38. The molecule has 1 aliphatic heterocycles. The molecular formula is C13H21N3O. The first-order valence-corrected chi connectivity index (χ1v) is 6.09. The monoisotopic (exact) mass is 235 g/mol. The number of methoxy groups -OCH3 is 1. The second-order valence-corrected chi connectivity index (χ2v) is 4.46. The van der Waals surface area contributed by atoms with Gasteiger partial charge in [0, 0.05) is 31.9 Å². The van der Waals surface area contributed by atoms with E-state index in [2.05, 4.69) is 21.9 Å². The van der Waals surface area contributed by atoms with Crippen LogP contribution in [0.15, 0.2) is 24.3 Å². The Morgan fingerprint density at radius 1 is 1.12 bits per heavy atom. The van der Waals surface area contributed by atoms with Crippen LogP contribution in [0.4, 0.5) is 5.69 Å². The largest absolute Gasteiger partial charge is 0.497 e. The Bertz CT molecular complexity index is 342. The van der Waals surface area contributed by atoms with Crippen molar-refractivity contribution in [2.24, 2.45) is 5.73 Å². The molecule has 0 bridgehead atoms. The van der Waals surface area contributed by atoms with Gasteiger partial charge in [0.15, 0.2) is 0 Å². The van der Waals surface area contributed by atoms with Crippen molar-refractivity contribution in [1.82, 2.24) is 4.90 Å². The number of ether oxygens (including phenoxy) is 1. The third-order valence-electron chi connectivity index (χ3n) is 3.33. The standard InChI is InChI=1S/C13H21N3O/c1-11(14)15-7-9-16(10-8-15)12-3-5-13(17-2)6-4-12/h3-6,11H,7-10,14H2,1-2H3. The highest BCUT2D eigenvalue weighted by atomic mass is 16.5. The first-order chi connectivity index (χ1) is 8.20. The topological polar surface area (TPSA) is 41.7 Å². The Balaban J connectivity index is 1.95. The molecular weight excluding hydrogens is 214 g/mol. The summed E-state index contributed by atoms with van der Waals surface area (Å²) in [4.78, 5) is 4.69. The molecule has 0 radical (unpaired) electrons. The molecule has 17 heavy (non-hydrogen) atoms. The summed E-state index contributed by atoms with van der Waals surface area (Å²) in [5, 5.41) is 0. The second-order valence-electron chi connectivity index (χ2n) is 4.46. The lowest BCUT2D eigenvalue weighted by Crippen LogP contribution is -2.52. The lowest BCUT2D eigenvalue weighted by molar-refractivity contribution is 0.201. The highest BCUT2D eigenvalue weighted by Gasteiger charge is 2.18. The normalized spacial score (nSPS) is 19.1. The molecule has 2 rings (SSSR count). The van der Waals surface area contributed by atoms with Gasteiger partial charge in [-0.25, -0.2) is 0 Å². The lowest BCUT2D eigenvalue weighted by Gasteiger charge is -2.37. The van der Waals surface area contributed by atoms with Gasteiger partial charge in [0.05, 0.1) is 13.3 Å². The van der Waals surface area contributed by atoms with Gasteiger partial charge in [0.25, 0.3) is 0 Å². The first kappa shape index (κ1) is 12.2. The number of anilines is 1. The van der Waals surface area contributed by atoms with Crippen molar-refractivity contribution >= 4 is 5.69 Å². The Kier molecular flexibility index (Phi) is 3.86. The van der Waals surface area contributed by atoms with E-state index in [1.807, 2.05) is 19.1 Å². The van der Waals surface area contributed by atoms with Gasteiger partial charge in [-0.3, -0.25) is 4.90 Å². The van der Waals surface area contributed by atoms with E-state index in [1.54, 1.807) is 7.11 Å². The third kappa shape index (κ3) is 2.90. The Labute approximate surface area is 103 Å². The Morgan fingerprint density at radius 3 is 2.18 bits per heavy atom. The summed E-state index contributed by atoms with van der Waals surface area (Å²) in [6.07, 6.45) is 0.160. The molecule has 0 aliphatic carbocycles. The van der Waals surface area contributed by atoms with Gasteiger partial charge < -0.3 is 15.4 Å². The van der Waals surface area contributed by atoms with Crippen LogP contribution in [-0.4, -0.2) is 44.4 Å². The van der Waals surface area contributed by atoms with Crippen molar-refractivity contribution in [3.05, 3.63) is 24.3 Å². The van der Waals surface area contributed by atoms with Crippen molar-refractivity contribution in [3.8, 4) is 5.75 Å². The fourth-order valence-corrected chi connectivity index (χ4v) is 2.18. The van der Waals surface area contributed by atoms with Crippen molar-refractivity contribution in [2.45, 2.75) is 13.1 Å². The van der Waals surface area contributed by atoms with Crippen LogP contribution in [0.25, 0.3) is 0 Å². The predicted molar refractivity (Wildman–Crippen MR) is 70.4 cm³/mol. The first-order valence-electron chi connectivity index (χ1n) is 6.09. The molecule has 0 spiro atoms. The molecule has 1 unspecified atom stereocenters. The zero-order chi connectivity index (χ0) is 12.3. The summed E-state index contributed by atoms with van der Waals surface area (Å²) in [5.74, 6) is 0.906. The van der Waals surface area contributed by atoms with E-state index in [0.29, 0.717) is 0 Å². The molecule has 1 aromatic carbocycles. The van der Waals surface area contributed by atoms with E-state index in [4.69, 9.17) is 10.5 Å². The number of benzene rings is 1. The van der Waals surface area contributed by atoms with Crippen LogP contribution in [0.1, 0.15) is 6.92 Å². The van der Waals surface area contributed by atoms with Crippen LogP contribution < -0.4 is 15.4 Å². The molecule has 1 saturated heterocycles. The summed E-state index contributed by atoms with van der Waals surface area (Å²) in [6.45, 7) is 6.18. The molecule has 0 aromatic heterocycles. The molecule has 94 valence electrons. The van der Waals surface area contributed by atoms with E-state index < -0.39 is 0 Å². The van der Waals surface area contributed by atoms with Gasteiger partial charge in [0.1, 0.15) is 5.75 Å². The summed E-state index contributed by atoms with van der Waals surface area (Å²) < 4.78 is 5.16. The van der Waals surface area contributed by atoms with Crippen LogP contribution >= 0.6 is 0 Å². The fourth-order valence-electron chi connectivity index (χ4n) is 2.18. The number of hydrogen-bond donors (Lipinski definition) is 1. The van der Waals surface area contributed by atoms with Crippen LogP contribution in [0.2, 0.25) is 0 Å². The highest BCUT2D eigenvalue weighted by molar-refractivity contribution is 5.49. The quantitative estimate of drug-likeness (QED) is 0.852. The minimum Gasteiger partial charge on any atom is -0.497 e. The fraction of sp³-hybridized carbons (Fsp3) is 0.538. The van der Waals surface area contributed by atoms with E-state index in [-0.39, 0.29) is 6.17 Å². The SMILES string of the molecule is COc1ccc(N2CCN(C(C)N)CC2)cc1. The van der Waals surface area contributed by atoms with Gasteiger partial charge >= 0.3 is 0 Å². The van der Waals surface area contributed by atoms with Crippen molar-refractivity contribution in [3.63, 3.8) is 0 Å². The highest BCUT2D eigenvalue weighted by Crippen LogP contribution is 2.20. The number of piperazine rings is 1. The average Bonchev–Trinajstić information content (AvgIpc) is 2.39. The van der Waals surface area contributed by atoms with Crippen molar-refractivity contribution < 1.29 is 4.74 Å². The molecule has 1 aromatic rings. The number of hydrogen-bond acceptors (Lipinski definition) is 4. The maximum absolute atomic E-state index is 5.88. The van der Waals surface area contributed by atoms with E-state index in [9.17, 15) is 0 Å². The average molecular weight is 235 g/mol. The van der Waals surface area contributed by atoms with Gasteiger partial charge in [-0.05, 0) is 31.2 Å². The zero-order valence-electron chi connectivity index (χ0n) is 10.6. The summed E-state index contributed by atoms with van der Waals surface area (Å²) >= 11 is 0. The summed E-state index contributed by atoms with van der Waals surface area (Å²) in [6, 6.07) is 8.24. The third-order valence-corrected chi connectivity index (χ3v) is 3.33. The van der Waals surface area contributed by atoms with Crippen molar-refractivity contribution in [2.75, 3.05) is 38.2 Å².